The van der Waals surface area contributed by atoms with Crippen molar-refractivity contribution in [3.8, 4) is 11.5 Å². The Morgan fingerprint density at radius 2 is 1.90 bits per heavy atom. The standard InChI is InChI=1S/C16H13NO4/c1-2-11-4-3-5-12(17-11)16(19)15(18)10-6-7-13-14(8-10)21-9-20-13/h3-8H,2,9H2,1H3. The zero-order chi connectivity index (χ0) is 14.8. The second-order valence-electron chi connectivity index (χ2n) is 4.59. The van der Waals surface area contributed by atoms with Crippen LogP contribution in [0.15, 0.2) is 36.4 Å². The molecule has 0 aliphatic carbocycles. The monoisotopic (exact) mass is 283 g/mol. The molecule has 21 heavy (non-hydrogen) atoms. The Kier molecular flexibility index (Phi) is 3.39. The van der Waals surface area contributed by atoms with E-state index >= 15 is 0 Å². The number of fused-ring (bicyclic) bond motifs is 1. The van der Waals surface area contributed by atoms with Gasteiger partial charge in [-0.15, -0.1) is 0 Å². The summed E-state index contributed by atoms with van der Waals surface area (Å²) in [6.45, 7) is 2.07. The lowest BCUT2D eigenvalue weighted by Gasteiger charge is -2.03. The van der Waals surface area contributed by atoms with Crippen molar-refractivity contribution in [3.63, 3.8) is 0 Å². The Morgan fingerprint density at radius 1 is 1.10 bits per heavy atom. The molecule has 5 heteroatoms. The summed E-state index contributed by atoms with van der Waals surface area (Å²) in [6, 6.07) is 9.79. The van der Waals surface area contributed by atoms with Gasteiger partial charge in [0.05, 0.1) is 0 Å². The van der Waals surface area contributed by atoms with Crippen molar-refractivity contribution < 1.29 is 19.1 Å². The van der Waals surface area contributed by atoms with Crippen LogP contribution in [0.25, 0.3) is 0 Å². The molecule has 0 N–H and O–H groups in total. The van der Waals surface area contributed by atoms with Crippen molar-refractivity contribution in [2.24, 2.45) is 0 Å². The molecule has 1 aromatic carbocycles. The van der Waals surface area contributed by atoms with E-state index < -0.39 is 11.6 Å². The predicted molar refractivity (Wildman–Crippen MR) is 74.8 cm³/mol. The van der Waals surface area contributed by atoms with E-state index in [1.54, 1.807) is 24.3 Å². The minimum atomic E-state index is -0.621. The summed E-state index contributed by atoms with van der Waals surface area (Å²) in [4.78, 5) is 28.7. The molecule has 2 aromatic rings. The van der Waals surface area contributed by atoms with Gasteiger partial charge in [0.25, 0.3) is 5.78 Å². The zero-order valence-electron chi connectivity index (χ0n) is 11.5. The fourth-order valence-electron chi connectivity index (χ4n) is 2.09. The second-order valence-corrected chi connectivity index (χ2v) is 4.59. The molecule has 1 aliphatic heterocycles. The Bertz CT molecular complexity index is 724. The summed E-state index contributed by atoms with van der Waals surface area (Å²) < 4.78 is 10.4. The number of benzene rings is 1. The van der Waals surface area contributed by atoms with Crippen LogP contribution in [0.4, 0.5) is 0 Å². The highest BCUT2D eigenvalue weighted by atomic mass is 16.7. The highest BCUT2D eigenvalue weighted by Crippen LogP contribution is 2.32. The fourth-order valence-corrected chi connectivity index (χ4v) is 2.09. The van der Waals surface area contributed by atoms with Gasteiger partial charge < -0.3 is 9.47 Å². The number of Topliss-reactive ketones (excluding diaryl/α,β-unsaturated/α-hetero) is 2. The van der Waals surface area contributed by atoms with Gasteiger partial charge in [0.1, 0.15) is 5.69 Å². The molecule has 0 saturated carbocycles. The van der Waals surface area contributed by atoms with Crippen LogP contribution in [-0.4, -0.2) is 23.3 Å². The number of aromatic nitrogens is 1. The topological polar surface area (TPSA) is 65.5 Å². The van der Waals surface area contributed by atoms with Gasteiger partial charge in [0, 0.05) is 11.3 Å². The lowest BCUT2D eigenvalue weighted by Crippen LogP contribution is -2.16. The summed E-state index contributed by atoms with van der Waals surface area (Å²) in [6.07, 6.45) is 0.708. The van der Waals surface area contributed by atoms with Gasteiger partial charge in [-0.1, -0.05) is 13.0 Å². The largest absolute Gasteiger partial charge is 0.454 e. The molecule has 0 amide bonds. The van der Waals surface area contributed by atoms with Gasteiger partial charge in [-0.2, -0.15) is 0 Å². The van der Waals surface area contributed by atoms with Crippen molar-refractivity contribution in [1.29, 1.82) is 0 Å². The molecule has 0 bridgehead atoms. The van der Waals surface area contributed by atoms with Gasteiger partial charge in [-0.3, -0.25) is 9.59 Å². The summed E-state index contributed by atoms with van der Waals surface area (Å²) in [5.41, 5.74) is 1.21. The van der Waals surface area contributed by atoms with Crippen LogP contribution >= 0.6 is 0 Å². The first-order chi connectivity index (χ1) is 10.2. The Hall–Kier alpha value is -2.69. The Labute approximate surface area is 121 Å². The highest BCUT2D eigenvalue weighted by Gasteiger charge is 2.22. The Morgan fingerprint density at radius 3 is 2.71 bits per heavy atom. The quantitative estimate of drug-likeness (QED) is 0.637. The van der Waals surface area contributed by atoms with E-state index in [0.717, 1.165) is 5.69 Å². The van der Waals surface area contributed by atoms with E-state index in [1.165, 1.54) is 6.07 Å². The van der Waals surface area contributed by atoms with E-state index in [0.29, 0.717) is 17.9 Å². The fraction of sp³-hybridized carbons (Fsp3) is 0.188. The number of hydrogen-bond donors (Lipinski definition) is 0. The lowest BCUT2D eigenvalue weighted by atomic mass is 10.0. The average molecular weight is 283 g/mol. The molecule has 0 fully saturated rings. The molecule has 1 aromatic heterocycles. The molecule has 3 rings (SSSR count). The van der Waals surface area contributed by atoms with E-state index in [1.807, 2.05) is 13.0 Å². The maximum Gasteiger partial charge on any atom is 0.251 e. The molecule has 5 nitrogen and oxygen atoms in total. The number of carbonyl (C=O) groups excluding carboxylic acids is 2. The normalized spacial score (nSPS) is 12.2. The lowest BCUT2D eigenvalue weighted by molar-refractivity contribution is 0.0814. The van der Waals surface area contributed by atoms with Gasteiger partial charge in [-0.05, 0) is 36.8 Å². The minimum Gasteiger partial charge on any atom is -0.454 e. The van der Waals surface area contributed by atoms with Gasteiger partial charge in [0.2, 0.25) is 12.6 Å². The molecule has 0 atom stereocenters. The molecule has 2 heterocycles. The van der Waals surface area contributed by atoms with Crippen LogP contribution in [0.2, 0.25) is 0 Å². The first kappa shape index (κ1) is 13.3. The first-order valence-electron chi connectivity index (χ1n) is 6.63. The molecular formula is C16H13NO4. The molecule has 1 aliphatic rings. The number of hydrogen-bond acceptors (Lipinski definition) is 5. The van der Waals surface area contributed by atoms with Crippen molar-refractivity contribution in [2.75, 3.05) is 6.79 Å². The zero-order valence-corrected chi connectivity index (χ0v) is 11.5. The first-order valence-corrected chi connectivity index (χ1v) is 6.63. The van der Waals surface area contributed by atoms with E-state index in [2.05, 4.69) is 4.98 Å². The van der Waals surface area contributed by atoms with Gasteiger partial charge in [0.15, 0.2) is 11.5 Å². The number of carbonyl (C=O) groups is 2. The molecule has 0 saturated heterocycles. The summed E-state index contributed by atoms with van der Waals surface area (Å²) in [7, 11) is 0. The molecule has 0 unspecified atom stereocenters. The minimum absolute atomic E-state index is 0.126. The van der Waals surface area contributed by atoms with Crippen LogP contribution < -0.4 is 9.47 Å². The van der Waals surface area contributed by atoms with Gasteiger partial charge >= 0.3 is 0 Å². The van der Waals surface area contributed by atoms with E-state index in [4.69, 9.17) is 9.47 Å². The van der Waals surface area contributed by atoms with Crippen LogP contribution in [-0.2, 0) is 6.42 Å². The third kappa shape index (κ3) is 2.50. The maximum atomic E-state index is 12.3. The number of ketones is 2. The maximum absolute atomic E-state index is 12.3. The number of nitrogens with zero attached hydrogens (tertiary/aromatic N) is 1. The average Bonchev–Trinajstić information content (AvgIpc) is 3.01. The third-order valence-corrected chi connectivity index (χ3v) is 3.24. The van der Waals surface area contributed by atoms with Crippen LogP contribution in [0, 0.1) is 0 Å². The summed E-state index contributed by atoms with van der Waals surface area (Å²) in [5.74, 6) is -0.174. The van der Waals surface area contributed by atoms with Gasteiger partial charge in [-0.25, -0.2) is 4.98 Å². The number of rotatable bonds is 4. The highest BCUT2D eigenvalue weighted by molar-refractivity contribution is 6.48. The summed E-state index contributed by atoms with van der Waals surface area (Å²) in [5, 5.41) is 0. The second kappa shape index (κ2) is 5.36. The molecule has 106 valence electrons. The summed E-state index contributed by atoms with van der Waals surface area (Å²) >= 11 is 0. The number of aryl methyl sites for hydroxylation is 1. The molecule has 0 spiro atoms. The predicted octanol–water partition coefficient (Wildman–Crippen LogP) is 2.44. The van der Waals surface area contributed by atoms with Crippen molar-refractivity contribution in [2.45, 2.75) is 13.3 Å². The third-order valence-electron chi connectivity index (χ3n) is 3.24. The SMILES string of the molecule is CCc1cccc(C(=O)C(=O)c2ccc3c(c2)OCO3)n1. The van der Waals surface area contributed by atoms with Crippen LogP contribution in [0.3, 0.4) is 0 Å². The van der Waals surface area contributed by atoms with Crippen molar-refractivity contribution >= 4 is 11.6 Å². The molecule has 0 radical (unpaired) electrons. The van der Waals surface area contributed by atoms with E-state index in [9.17, 15) is 9.59 Å². The Balaban J connectivity index is 1.89. The number of pyridine rings is 1. The van der Waals surface area contributed by atoms with Crippen molar-refractivity contribution in [3.05, 3.63) is 53.3 Å². The van der Waals surface area contributed by atoms with Crippen molar-refractivity contribution in [1.82, 2.24) is 4.98 Å². The number of ether oxygens (including phenoxy) is 2. The van der Waals surface area contributed by atoms with Crippen LogP contribution in [0.5, 0.6) is 11.5 Å². The van der Waals surface area contributed by atoms with Crippen LogP contribution in [0.1, 0.15) is 33.5 Å². The molecular weight excluding hydrogens is 270 g/mol. The smallest absolute Gasteiger partial charge is 0.251 e. The van der Waals surface area contributed by atoms with E-state index in [-0.39, 0.29) is 18.1 Å².